The Balaban J connectivity index is 1.76. The molecule has 1 amide bonds. The maximum absolute atomic E-state index is 12.8. The lowest BCUT2D eigenvalue weighted by Crippen LogP contribution is -2.12. The molecule has 1 N–H and O–H groups in total. The van der Waals surface area contributed by atoms with Crippen LogP contribution in [-0.4, -0.2) is 21.3 Å². The summed E-state index contributed by atoms with van der Waals surface area (Å²) in [7, 11) is 0. The number of amides is 1. The van der Waals surface area contributed by atoms with Gasteiger partial charge in [0.05, 0.1) is 0 Å². The summed E-state index contributed by atoms with van der Waals surface area (Å²) in [5, 5.41) is 13.4. The van der Waals surface area contributed by atoms with Gasteiger partial charge in [0.1, 0.15) is 11.6 Å². The monoisotopic (exact) mass is 288 g/mol. The molecule has 0 saturated carbocycles. The number of aryl methyl sites for hydroxylation is 1. The Bertz CT molecular complexity index is 779. The van der Waals surface area contributed by atoms with Gasteiger partial charge in [0.15, 0.2) is 5.69 Å². The minimum absolute atomic E-state index is 0.0834. The Morgan fingerprint density at radius 3 is 2.67 bits per heavy atom. The molecule has 0 aliphatic carbocycles. The van der Waals surface area contributed by atoms with Gasteiger partial charge >= 0.3 is 6.01 Å². The molecular weight excluding hydrogens is 279 g/mol. The first-order valence-electron chi connectivity index (χ1n) is 5.96. The third-order valence-corrected chi connectivity index (χ3v) is 2.60. The van der Waals surface area contributed by atoms with Crippen molar-refractivity contribution in [3.8, 4) is 11.5 Å². The molecule has 0 spiro atoms. The van der Waals surface area contributed by atoms with Crippen LogP contribution in [0.1, 0.15) is 16.2 Å². The highest BCUT2D eigenvalue weighted by Crippen LogP contribution is 2.20. The number of carbonyl (C=O) groups is 1. The molecule has 0 atom stereocenters. The molecule has 2 aromatic heterocycles. The molecule has 7 nitrogen and oxygen atoms in total. The Kier molecular flexibility index (Phi) is 3.19. The zero-order chi connectivity index (χ0) is 14.8. The maximum atomic E-state index is 12.8. The van der Waals surface area contributed by atoms with Crippen LogP contribution in [-0.2, 0) is 0 Å². The lowest BCUT2D eigenvalue weighted by molar-refractivity contribution is 0.101. The lowest BCUT2D eigenvalue weighted by atomic mass is 10.2. The summed E-state index contributed by atoms with van der Waals surface area (Å²) in [6.45, 7) is 1.67. The van der Waals surface area contributed by atoms with E-state index in [1.165, 1.54) is 30.3 Å². The third kappa shape index (κ3) is 2.78. The molecular formula is C13H9FN4O3. The van der Waals surface area contributed by atoms with E-state index in [4.69, 9.17) is 8.94 Å². The van der Waals surface area contributed by atoms with Crippen molar-refractivity contribution in [2.24, 2.45) is 0 Å². The van der Waals surface area contributed by atoms with Crippen molar-refractivity contribution in [3.05, 3.63) is 47.6 Å². The third-order valence-electron chi connectivity index (χ3n) is 2.60. The molecule has 0 bridgehead atoms. The molecule has 0 aliphatic rings. The number of rotatable bonds is 3. The van der Waals surface area contributed by atoms with E-state index < -0.39 is 5.91 Å². The fourth-order valence-corrected chi connectivity index (χ4v) is 1.62. The van der Waals surface area contributed by atoms with E-state index in [1.54, 1.807) is 6.92 Å². The summed E-state index contributed by atoms with van der Waals surface area (Å²) in [5.41, 5.74) is 0.649. The number of nitrogens with zero attached hydrogens (tertiary/aromatic N) is 3. The van der Waals surface area contributed by atoms with E-state index in [-0.39, 0.29) is 23.4 Å². The van der Waals surface area contributed by atoms with Gasteiger partial charge in [0.25, 0.3) is 5.91 Å². The highest BCUT2D eigenvalue weighted by atomic mass is 19.1. The van der Waals surface area contributed by atoms with Gasteiger partial charge in [-0.05, 0) is 31.2 Å². The number of nitrogens with one attached hydrogen (secondary N) is 1. The van der Waals surface area contributed by atoms with E-state index >= 15 is 0 Å². The van der Waals surface area contributed by atoms with Gasteiger partial charge in [-0.25, -0.2) is 4.39 Å². The number of hydrogen-bond donors (Lipinski definition) is 1. The number of benzene rings is 1. The highest BCUT2D eigenvalue weighted by Gasteiger charge is 2.15. The molecule has 1 aromatic carbocycles. The van der Waals surface area contributed by atoms with Gasteiger partial charge in [-0.3, -0.25) is 10.1 Å². The highest BCUT2D eigenvalue weighted by molar-refractivity contribution is 6.01. The molecule has 3 aromatic rings. The van der Waals surface area contributed by atoms with Crippen LogP contribution in [0.25, 0.3) is 11.5 Å². The van der Waals surface area contributed by atoms with Gasteiger partial charge in [0.2, 0.25) is 5.89 Å². The number of anilines is 1. The summed E-state index contributed by atoms with van der Waals surface area (Å²) in [6.07, 6.45) is 0. The quantitative estimate of drug-likeness (QED) is 0.795. The summed E-state index contributed by atoms with van der Waals surface area (Å²) in [5.74, 6) is -0.214. The average molecular weight is 288 g/mol. The van der Waals surface area contributed by atoms with Crippen molar-refractivity contribution < 1.29 is 18.1 Å². The lowest BCUT2D eigenvalue weighted by Gasteiger charge is -1.95. The van der Waals surface area contributed by atoms with Gasteiger partial charge in [-0.1, -0.05) is 10.3 Å². The van der Waals surface area contributed by atoms with Crippen LogP contribution in [0.5, 0.6) is 0 Å². The SMILES string of the molecule is Cc1cc(C(=O)Nc2nnc(-c3ccc(F)cc3)o2)no1. The van der Waals surface area contributed by atoms with E-state index in [9.17, 15) is 9.18 Å². The molecule has 0 fully saturated rings. The molecule has 2 heterocycles. The Morgan fingerprint density at radius 1 is 1.24 bits per heavy atom. The van der Waals surface area contributed by atoms with Gasteiger partial charge in [-0.15, -0.1) is 5.10 Å². The van der Waals surface area contributed by atoms with Crippen LogP contribution in [0.15, 0.2) is 39.3 Å². The second kappa shape index (κ2) is 5.16. The first-order valence-corrected chi connectivity index (χ1v) is 5.96. The molecule has 3 rings (SSSR count). The fraction of sp³-hybridized carbons (Fsp3) is 0.0769. The van der Waals surface area contributed by atoms with Crippen LogP contribution >= 0.6 is 0 Å². The minimum atomic E-state index is -0.527. The standard InChI is InChI=1S/C13H9FN4O3/c1-7-6-10(18-21-7)11(19)15-13-17-16-12(20-13)8-2-4-9(14)5-3-8/h2-6H,1H3,(H,15,17,19). The second-order valence-corrected chi connectivity index (χ2v) is 4.20. The second-order valence-electron chi connectivity index (χ2n) is 4.20. The molecule has 106 valence electrons. The van der Waals surface area contributed by atoms with Crippen molar-refractivity contribution in [2.45, 2.75) is 6.92 Å². The largest absolute Gasteiger partial charge is 0.403 e. The van der Waals surface area contributed by atoms with E-state index in [0.29, 0.717) is 11.3 Å². The van der Waals surface area contributed by atoms with E-state index in [0.717, 1.165) is 0 Å². The average Bonchev–Trinajstić information content (AvgIpc) is 3.09. The van der Waals surface area contributed by atoms with Gasteiger partial charge in [0, 0.05) is 11.6 Å². The van der Waals surface area contributed by atoms with Crippen molar-refractivity contribution in [1.29, 1.82) is 0 Å². The zero-order valence-corrected chi connectivity index (χ0v) is 10.8. The molecule has 0 radical (unpaired) electrons. The number of halogens is 1. The molecule has 0 aliphatic heterocycles. The first-order chi connectivity index (χ1) is 10.1. The molecule has 21 heavy (non-hydrogen) atoms. The Labute approximate surface area is 117 Å². The molecule has 8 heteroatoms. The van der Waals surface area contributed by atoms with Crippen molar-refractivity contribution >= 4 is 11.9 Å². The summed E-state index contributed by atoms with van der Waals surface area (Å²) < 4.78 is 22.9. The predicted octanol–water partition coefficient (Wildman–Crippen LogP) is 2.42. The summed E-state index contributed by atoms with van der Waals surface area (Å²) >= 11 is 0. The van der Waals surface area contributed by atoms with Gasteiger partial charge in [-0.2, -0.15) is 0 Å². The van der Waals surface area contributed by atoms with Crippen molar-refractivity contribution in [1.82, 2.24) is 15.4 Å². The van der Waals surface area contributed by atoms with Crippen LogP contribution in [0.2, 0.25) is 0 Å². The topological polar surface area (TPSA) is 94.1 Å². The van der Waals surface area contributed by atoms with E-state index in [1.807, 2.05) is 0 Å². The van der Waals surface area contributed by atoms with Crippen LogP contribution in [0, 0.1) is 12.7 Å². The Hall–Kier alpha value is -3.03. The normalized spacial score (nSPS) is 10.6. The zero-order valence-electron chi connectivity index (χ0n) is 10.8. The van der Waals surface area contributed by atoms with Crippen LogP contribution < -0.4 is 5.32 Å². The van der Waals surface area contributed by atoms with Crippen LogP contribution in [0.4, 0.5) is 10.4 Å². The first kappa shape index (κ1) is 13.0. The summed E-state index contributed by atoms with van der Waals surface area (Å²) in [4.78, 5) is 11.8. The van der Waals surface area contributed by atoms with Crippen LogP contribution in [0.3, 0.4) is 0 Å². The summed E-state index contributed by atoms with van der Waals surface area (Å²) in [6, 6.07) is 6.93. The number of carbonyl (C=O) groups excluding carboxylic acids is 1. The number of aromatic nitrogens is 3. The predicted molar refractivity (Wildman–Crippen MR) is 68.9 cm³/mol. The molecule has 0 saturated heterocycles. The van der Waals surface area contributed by atoms with Crippen molar-refractivity contribution in [3.63, 3.8) is 0 Å². The van der Waals surface area contributed by atoms with Crippen molar-refractivity contribution in [2.75, 3.05) is 5.32 Å². The number of hydrogen-bond acceptors (Lipinski definition) is 6. The minimum Gasteiger partial charge on any atom is -0.403 e. The maximum Gasteiger partial charge on any atom is 0.322 e. The fourth-order valence-electron chi connectivity index (χ4n) is 1.62. The van der Waals surface area contributed by atoms with E-state index in [2.05, 4.69) is 20.7 Å². The Morgan fingerprint density at radius 2 is 2.00 bits per heavy atom. The smallest absolute Gasteiger partial charge is 0.322 e. The molecule has 0 unspecified atom stereocenters. The van der Waals surface area contributed by atoms with Gasteiger partial charge < -0.3 is 8.94 Å².